The highest BCUT2D eigenvalue weighted by molar-refractivity contribution is 7.10. The monoisotopic (exact) mass is 238 g/mol. The maximum absolute atomic E-state index is 6.25. The highest BCUT2D eigenvalue weighted by Crippen LogP contribution is 2.24. The van der Waals surface area contributed by atoms with E-state index in [4.69, 9.17) is 5.73 Å². The van der Waals surface area contributed by atoms with Gasteiger partial charge in [0, 0.05) is 24.0 Å². The Hall–Kier alpha value is -0.380. The second kappa shape index (κ2) is 5.30. The van der Waals surface area contributed by atoms with Crippen molar-refractivity contribution in [2.24, 2.45) is 11.7 Å². The molecule has 2 N–H and O–H groups in total. The molecule has 1 saturated heterocycles. The van der Waals surface area contributed by atoms with Gasteiger partial charge in [0.15, 0.2) is 0 Å². The molecule has 3 atom stereocenters. The predicted octanol–water partition coefficient (Wildman–Crippen LogP) is 2.87. The smallest absolute Gasteiger partial charge is 0.0519 e. The van der Waals surface area contributed by atoms with Gasteiger partial charge < -0.3 is 5.73 Å². The van der Waals surface area contributed by atoms with Crippen LogP contribution >= 0.6 is 11.3 Å². The molecule has 0 bridgehead atoms. The second-order valence-corrected chi connectivity index (χ2v) is 6.09. The summed E-state index contributed by atoms with van der Waals surface area (Å²) in [4.78, 5) is 3.86. The van der Waals surface area contributed by atoms with E-state index in [0.29, 0.717) is 6.04 Å². The first-order valence-corrected chi connectivity index (χ1v) is 7.08. The lowest BCUT2D eigenvalue weighted by Gasteiger charge is -2.38. The number of likely N-dealkylation sites (tertiary alicyclic amines) is 1. The van der Waals surface area contributed by atoms with Gasteiger partial charge in [-0.2, -0.15) is 0 Å². The van der Waals surface area contributed by atoms with Crippen LogP contribution in [0.2, 0.25) is 0 Å². The summed E-state index contributed by atoms with van der Waals surface area (Å²) in [6.45, 7) is 6.88. The Bertz CT molecular complexity index is 310. The maximum Gasteiger partial charge on any atom is 0.0519 e. The fourth-order valence-electron chi connectivity index (χ4n) is 2.48. The van der Waals surface area contributed by atoms with Crippen molar-refractivity contribution >= 4 is 11.3 Å². The van der Waals surface area contributed by atoms with Crippen molar-refractivity contribution in [3.8, 4) is 0 Å². The van der Waals surface area contributed by atoms with E-state index in [9.17, 15) is 0 Å². The summed E-state index contributed by atoms with van der Waals surface area (Å²) in [5, 5.41) is 2.11. The van der Waals surface area contributed by atoms with Gasteiger partial charge in [-0.05, 0) is 37.1 Å². The van der Waals surface area contributed by atoms with Crippen LogP contribution in [0.3, 0.4) is 0 Å². The lowest BCUT2D eigenvalue weighted by molar-refractivity contribution is 0.118. The number of hydrogen-bond acceptors (Lipinski definition) is 3. The second-order valence-electron chi connectivity index (χ2n) is 5.11. The summed E-state index contributed by atoms with van der Waals surface area (Å²) in [5.41, 5.74) is 6.25. The molecule has 1 aliphatic rings. The van der Waals surface area contributed by atoms with Crippen LogP contribution in [0.1, 0.15) is 37.6 Å². The molecule has 3 heteroatoms. The molecule has 0 aromatic carbocycles. The highest BCUT2D eigenvalue weighted by Gasteiger charge is 2.24. The van der Waals surface area contributed by atoms with Gasteiger partial charge in [-0.3, -0.25) is 4.90 Å². The number of rotatable bonds is 3. The average Bonchev–Trinajstić information content (AvgIpc) is 2.76. The fourth-order valence-corrected chi connectivity index (χ4v) is 3.20. The fraction of sp³-hybridized carbons (Fsp3) is 0.692. The highest BCUT2D eigenvalue weighted by atomic mass is 32.1. The Kier molecular flexibility index (Phi) is 4.00. The number of nitrogens with zero attached hydrogens (tertiary/aromatic N) is 1. The van der Waals surface area contributed by atoms with Crippen molar-refractivity contribution in [2.75, 3.05) is 13.1 Å². The van der Waals surface area contributed by atoms with Crippen LogP contribution in [-0.4, -0.2) is 24.0 Å². The Morgan fingerprint density at radius 1 is 1.50 bits per heavy atom. The van der Waals surface area contributed by atoms with E-state index in [1.807, 2.05) is 0 Å². The van der Waals surface area contributed by atoms with E-state index in [2.05, 4.69) is 36.3 Å². The van der Waals surface area contributed by atoms with Gasteiger partial charge >= 0.3 is 0 Å². The molecule has 90 valence electrons. The van der Waals surface area contributed by atoms with Crippen molar-refractivity contribution in [1.82, 2.24) is 4.90 Å². The van der Waals surface area contributed by atoms with Crippen molar-refractivity contribution in [3.05, 3.63) is 22.4 Å². The van der Waals surface area contributed by atoms with Gasteiger partial charge in [0.2, 0.25) is 0 Å². The molecule has 2 rings (SSSR count). The lowest BCUT2D eigenvalue weighted by Crippen LogP contribution is -2.44. The van der Waals surface area contributed by atoms with Crippen LogP contribution in [-0.2, 0) is 0 Å². The molecule has 0 spiro atoms. The number of thiophene rings is 1. The van der Waals surface area contributed by atoms with Gasteiger partial charge in [0.1, 0.15) is 0 Å². The third kappa shape index (κ3) is 2.84. The van der Waals surface area contributed by atoms with E-state index in [-0.39, 0.29) is 6.04 Å². The first kappa shape index (κ1) is 12.1. The van der Waals surface area contributed by atoms with Crippen molar-refractivity contribution in [2.45, 2.75) is 38.8 Å². The first-order chi connectivity index (χ1) is 7.66. The van der Waals surface area contributed by atoms with E-state index >= 15 is 0 Å². The van der Waals surface area contributed by atoms with E-state index in [0.717, 1.165) is 12.5 Å². The third-order valence-electron chi connectivity index (χ3n) is 3.59. The first-order valence-electron chi connectivity index (χ1n) is 6.20. The summed E-state index contributed by atoms with van der Waals surface area (Å²) in [6.07, 6.45) is 2.68. The zero-order chi connectivity index (χ0) is 11.5. The predicted molar refractivity (Wildman–Crippen MR) is 70.7 cm³/mol. The molecule has 0 radical (unpaired) electrons. The molecule has 0 amide bonds. The molecule has 1 aromatic rings. The summed E-state index contributed by atoms with van der Waals surface area (Å²) >= 11 is 1.77. The SMILES string of the molecule is CC1CCC(C)N(CC(N)c2cccs2)C1. The minimum absolute atomic E-state index is 0.188. The Labute approximate surface area is 102 Å². The molecular formula is C13H22N2S. The van der Waals surface area contributed by atoms with Crippen LogP contribution in [0.4, 0.5) is 0 Å². The summed E-state index contributed by atoms with van der Waals surface area (Å²) in [5.74, 6) is 0.826. The van der Waals surface area contributed by atoms with Gasteiger partial charge in [-0.1, -0.05) is 13.0 Å². The standard InChI is InChI=1S/C13H22N2S/c1-10-5-6-11(2)15(8-10)9-12(14)13-4-3-7-16-13/h3-4,7,10-12H,5-6,8-9,14H2,1-2H3. The van der Waals surface area contributed by atoms with Crippen LogP contribution in [0.5, 0.6) is 0 Å². The zero-order valence-electron chi connectivity index (χ0n) is 10.2. The average molecular weight is 238 g/mol. The quantitative estimate of drug-likeness (QED) is 0.877. The maximum atomic E-state index is 6.25. The number of nitrogens with two attached hydrogens (primary N) is 1. The van der Waals surface area contributed by atoms with Crippen LogP contribution in [0.25, 0.3) is 0 Å². The molecule has 0 saturated carbocycles. The van der Waals surface area contributed by atoms with Gasteiger partial charge in [0.25, 0.3) is 0 Å². The minimum Gasteiger partial charge on any atom is -0.322 e. The largest absolute Gasteiger partial charge is 0.322 e. The Morgan fingerprint density at radius 3 is 3.00 bits per heavy atom. The summed E-state index contributed by atoms with van der Waals surface area (Å²) in [7, 11) is 0. The summed E-state index contributed by atoms with van der Waals surface area (Å²) < 4.78 is 0. The molecule has 16 heavy (non-hydrogen) atoms. The zero-order valence-corrected chi connectivity index (χ0v) is 11.0. The molecule has 3 unspecified atom stereocenters. The van der Waals surface area contributed by atoms with E-state index in [1.54, 1.807) is 11.3 Å². The molecule has 1 aliphatic heterocycles. The Balaban J connectivity index is 1.93. The summed E-state index contributed by atoms with van der Waals surface area (Å²) in [6, 6.07) is 5.12. The van der Waals surface area contributed by atoms with Gasteiger partial charge in [-0.25, -0.2) is 0 Å². The van der Waals surface area contributed by atoms with Gasteiger partial charge in [-0.15, -0.1) is 11.3 Å². The van der Waals surface area contributed by atoms with Gasteiger partial charge in [0.05, 0.1) is 6.04 Å². The molecule has 1 fully saturated rings. The van der Waals surface area contributed by atoms with E-state index in [1.165, 1.54) is 24.3 Å². The van der Waals surface area contributed by atoms with Crippen LogP contribution in [0, 0.1) is 5.92 Å². The molecular weight excluding hydrogens is 216 g/mol. The molecule has 1 aromatic heterocycles. The molecule has 0 aliphatic carbocycles. The lowest BCUT2D eigenvalue weighted by atomic mass is 9.94. The number of hydrogen-bond donors (Lipinski definition) is 1. The van der Waals surface area contributed by atoms with Crippen molar-refractivity contribution in [3.63, 3.8) is 0 Å². The van der Waals surface area contributed by atoms with E-state index < -0.39 is 0 Å². The minimum atomic E-state index is 0.188. The number of piperidine rings is 1. The van der Waals surface area contributed by atoms with Crippen LogP contribution in [0.15, 0.2) is 17.5 Å². The normalized spacial score (nSPS) is 29.2. The van der Waals surface area contributed by atoms with Crippen molar-refractivity contribution in [1.29, 1.82) is 0 Å². The third-order valence-corrected chi connectivity index (χ3v) is 4.59. The topological polar surface area (TPSA) is 29.3 Å². The van der Waals surface area contributed by atoms with Crippen molar-refractivity contribution < 1.29 is 0 Å². The Morgan fingerprint density at radius 2 is 2.31 bits per heavy atom. The molecule has 2 nitrogen and oxygen atoms in total. The van der Waals surface area contributed by atoms with Crippen LogP contribution < -0.4 is 5.73 Å². The molecule has 2 heterocycles.